The van der Waals surface area contributed by atoms with E-state index in [0.29, 0.717) is 12.0 Å². The normalized spacial score (nSPS) is 29.5. The molecule has 4 heteroatoms. The van der Waals surface area contributed by atoms with Crippen molar-refractivity contribution in [3.8, 4) is 0 Å². The molecule has 1 aliphatic carbocycles. The molecule has 4 nitrogen and oxygen atoms in total. The van der Waals surface area contributed by atoms with E-state index in [1.807, 2.05) is 4.90 Å². The smallest absolute Gasteiger partial charge is 0.246 e. The van der Waals surface area contributed by atoms with Gasteiger partial charge in [-0.1, -0.05) is 34.3 Å². The molecule has 2 fully saturated rings. The Hall–Kier alpha value is -1.32. The number of rotatable bonds is 6. The third kappa shape index (κ3) is 3.17. The standard InChI is InChI=1S/C19H31N3O/c1-6-16(23)22-12-19(4,5)17(22)18-20-10-15(9-13(2)3)21(18)11-14-7-8-14/h6,13-15,17H,1,7-12H2,2-5H3. The minimum absolute atomic E-state index is 0.0377. The van der Waals surface area contributed by atoms with E-state index in [4.69, 9.17) is 4.99 Å². The van der Waals surface area contributed by atoms with Gasteiger partial charge in [-0.2, -0.15) is 0 Å². The summed E-state index contributed by atoms with van der Waals surface area (Å²) in [5.74, 6) is 2.71. The first-order chi connectivity index (χ1) is 10.8. The molecule has 3 rings (SSSR count). The lowest BCUT2D eigenvalue weighted by Gasteiger charge is -2.55. The maximum Gasteiger partial charge on any atom is 0.246 e. The molecule has 23 heavy (non-hydrogen) atoms. The fourth-order valence-corrected chi connectivity index (χ4v) is 4.12. The molecule has 0 aromatic carbocycles. The maximum absolute atomic E-state index is 12.2. The quantitative estimate of drug-likeness (QED) is 0.706. The van der Waals surface area contributed by atoms with Crippen LogP contribution < -0.4 is 0 Å². The molecule has 0 aromatic heterocycles. The van der Waals surface area contributed by atoms with E-state index in [2.05, 4.69) is 39.2 Å². The molecule has 0 radical (unpaired) electrons. The number of amidine groups is 1. The Balaban J connectivity index is 1.80. The number of likely N-dealkylation sites (tertiary alicyclic amines) is 1. The summed E-state index contributed by atoms with van der Waals surface area (Å²) in [6, 6.07) is 0.631. The third-order valence-corrected chi connectivity index (χ3v) is 5.43. The Labute approximate surface area is 140 Å². The average Bonchev–Trinajstić information content (AvgIpc) is 3.21. The summed E-state index contributed by atoms with van der Waals surface area (Å²) in [5.41, 5.74) is 0.103. The van der Waals surface area contributed by atoms with Crippen LogP contribution in [0.3, 0.4) is 0 Å². The number of hydrogen-bond acceptors (Lipinski definition) is 3. The highest BCUT2D eigenvalue weighted by molar-refractivity contribution is 5.98. The Morgan fingerprint density at radius 2 is 2.13 bits per heavy atom. The molecular weight excluding hydrogens is 286 g/mol. The summed E-state index contributed by atoms with van der Waals surface area (Å²) in [6.45, 7) is 15.5. The summed E-state index contributed by atoms with van der Waals surface area (Å²) in [6.07, 6.45) is 5.32. The van der Waals surface area contributed by atoms with Crippen molar-refractivity contribution in [2.24, 2.45) is 22.2 Å². The number of carbonyl (C=O) groups is 1. The van der Waals surface area contributed by atoms with E-state index in [1.54, 1.807) is 0 Å². The van der Waals surface area contributed by atoms with Gasteiger partial charge in [-0.05, 0) is 37.2 Å². The van der Waals surface area contributed by atoms with Crippen molar-refractivity contribution in [1.29, 1.82) is 0 Å². The van der Waals surface area contributed by atoms with Crippen molar-refractivity contribution in [3.05, 3.63) is 12.7 Å². The van der Waals surface area contributed by atoms with Crippen LogP contribution in [0.2, 0.25) is 0 Å². The maximum atomic E-state index is 12.2. The monoisotopic (exact) mass is 317 g/mol. The molecule has 128 valence electrons. The first-order valence-electron chi connectivity index (χ1n) is 9.07. The minimum Gasteiger partial charge on any atom is -0.353 e. The Morgan fingerprint density at radius 1 is 1.43 bits per heavy atom. The molecule has 0 bridgehead atoms. The number of amides is 1. The molecule has 0 N–H and O–H groups in total. The summed E-state index contributed by atoms with van der Waals surface area (Å²) in [7, 11) is 0. The molecular formula is C19H31N3O. The molecule has 0 aromatic rings. The number of hydrogen-bond donors (Lipinski definition) is 0. The Morgan fingerprint density at radius 3 is 2.65 bits per heavy atom. The van der Waals surface area contributed by atoms with E-state index < -0.39 is 0 Å². The third-order valence-electron chi connectivity index (χ3n) is 5.43. The van der Waals surface area contributed by atoms with Crippen LogP contribution in [0.4, 0.5) is 0 Å². The zero-order valence-electron chi connectivity index (χ0n) is 15.1. The number of nitrogens with zero attached hydrogens (tertiary/aromatic N) is 3. The van der Waals surface area contributed by atoms with Gasteiger partial charge in [0.15, 0.2) is 0 Å². The number of carbonyl (C=O) groups excluding carboxylic acids is 1. The summed E-state index contributed by atoms with van der Waals surface area (Å²) < 4.78 is 0. The van der Waals surface area contributed by atoms with Crippen LogP contribution in [0.15, 0.2) is 17.6 Å². The summed E-state index contributed by atoms with van der Waals surface area (Å²) >= 11 is 0. The second-order valence-electron chi connectivity index (χ2n) is 8.64. The summed E-state index contributed by atoms with van der Waals surface area (Å²) in [4.78, 5) is 21.6. The van der Waals surface area contributed by atoms with E-state index >= 15 is 0 Å². The van der Waals surface area contributed by atoms with Crippen LogP contribution in [-0.2, 0) is 4.79 Å². The average molecular weight is 317 g/mol. The fourth-order valence-electron chi connectivity index (χ4n) is 4.12. The van der Waals surface area contributed by atoms with Crippen LogP contribution in [0, 0.1) is 17.3 Å². The molecule has 1 amide bonds. The predicted octanol–water partition coefficient (Wildman–Crippen LogP) is 2.95. The van der Waals surface area contributed by atoms with Crippen LogP contribution in [-0.4, -0.2) is 53.3 Å². The fraction of sp³-hybridized carbons (Fsp3) is 0.789. The van der Waals surface area contributed by atoms with Crippen molar-refractivity contribution in [3.63, 3.8) is 0 Å². The van der Waals surface area contributed by atoms with Gasteiger partial charge in [0, 0.05) is 18.5 Å². The van der Waals surface area contributed by atoms with Gasteiger partial charge in [0.2, 0.25) is 5.91 Å². The Bertz CT molecular complexity index is 519. The predicted molar refractivity (Wildman–Crippen MR) is 94.5 cm³/mol. The summed E-state index contributed by atoms with van der Waals surface area (Å²) in [5, 5.41) is 0. The van der Waals surface area contributed by atoms with Crippen molar-refractivity contribution < 1.29 is 4.79 Å². The lowest BCUT2D eigenvalue weighted by molar-refractivity contribution is -0.140. The minimum atomic E-state index is 0.0377. The van der Waals surface area contributed by atoms with E-state index in [1.165, 1.54) is 25.3 Å². The van der Waals surface area contributed by atoms with Crippen LogP contribution >= 0.6 is 0 Å². The van der Waals surface area contributed by atoms with Crippen LogP contribution in [0.1, 0.15) is 47.0 Å². The molecule has 0 spiro atoms. The molecule has 2 atom stereocenters. The highest BCUT2D eigenvalue weighted by Crippen LogP contribution is 2.41. The topological polar surface area (TPSA) is 35.9 Å². The lowest BCUT2D eigenvalue weighted by Crippen LogP contribution is -2.69. The van der Waals surface area contributed by atoms with Gasteiger partial charge in [-0.3, -0.25) is 9.79 Å². The molecule has 1 saturated carbocycles. The molecule has 1 saturated heterocycles. The first kappa shape index (κ1) is 16.5. The van der Waals surface area contributed by atoms with E-state index in [9.17, 15) is 4.79 Å². The van der Waals surface area contributed by atoms with Gasteiger partial charge in [0.25, 0.3) is 0 Å². The second kappa shape index (κ2) is 5.95. The largest absolute Gasteiger partial charge is 0.353 e. The zero-order chi connectivity index (χ0) is 16.8. The second-order valence-corrected chi connectivity index (χ2v) is 8.64. The molecule has 2 aliphatic heterocycles. The van der Waals surface area contributed by atoms with Crippen molar-refractivity contribution in [2.75, 3.05) is 19.6 Å². The van der Waals surface area contributed by atoms with Gasteiger partial charge in [-0.25, -0.2) is 0 Å². The zero-order valence-corrected chi connectivity index (χ0v) is 15.1. The number of aliphatic imine (C=N–C) groups is 1. The molecule has 3 aliphatic rings. The van der Waals surface area contributed by atoms with Crippen molar-refractivity contribution in [2.45, 2.75) is 59.0 Å². The SMILES string of the molecule is C=CC(=O)N1CC(C)(C)C1C1=NCC(CC(C)C)N1CC1CC1. The highest BCUT2D eigenvalue weighted by Gasteiger charge is 2.53. The molecule has 2 heterocycles. The van der Waals surface area contributed by atoms with Crippen molar-refractivity contribution >= 4 is 11.7 Å². The van der Waals surface area contributed by atoms with E-state index in [-0.39, 0.29) is 17.4 Å². The lowest BCUT2D eigenvalue weighted by atomic mass is 9.73. The van der Waals surface area contributed by atoms with Gasteiger partial charge < -0.3 is 9.80 Å². The van der Waals surface area contributed by atoms with E-state index in [0.717, 1.165) is 31.4 Å². The van der Waals surface area contributed by atoms with Crippen molar-refractivity contribution in [1.82, 2.24) is 9.80 Å². The van der Waals surface area contributed by atoms with Gasteiger partial charge >= 0.3 is 0 Å². The van der Waals surface area contributed by atoms with Gasteiger partial charge in [0.1, 0.15) is 5.84 Å². The van der Waals surface area contributed by atoms with Gasteiger partial charge in [-0.15, -0.1) is 0 Å². The highest BCUT2D eigenvalue weighted by atomic mass is 16.2. The Kier molecular flexibility index (Phi) is 4.28. The van der Waals surface area contributed by atoms with Crippen LogP contribution in [0.25, 0.3) is 0 Å². The van der Waals surface area contributed by atoms with Crippen LogP contribution in [0.5, 0.6) is 0 Å². The molecule has 2 unspecified atom stereocenters. The van der Waals surface area contributed by atoms with Gasteiger partial charge in [0.05, 0.1) is 18.6 Å². The first-order valence-corrected chi connectivity index (χ1v) is 9.07.